The lowest BCUT2D eigenvalue weighted by Crippen LogP contribution is -2.35. The van der Waals surface area contributed by atoms with Crippen LogP contribution in [0.2, 0.25) is 0 Å². The second kappa shape index (κ2) is 4.68. The summed E-state index contributed by atoms with van der Waals surface area (Å²) < 4.78 is 10.1. The van der Waals surface area contributed by atoms with Crippen LogP contribution in [0.5, 0.6) is 0 Å². The van der Waals surface area contributed by atoms with Gasteiger partial charge < -0.3 is 14.8 Å². The van der Waals surface area contributed by atoms with Gasteiger partial charge >= 0.3 is 5.97 Å². The van der Waals surface area contributed by atoms with E-state index in [-0.39, 0.29) is 29.8 Å². The lowest BCUT2D eigenvalue weighted by Gasteiger charge is -2.14. The van der Waals surface area contributed by atoms with E-state index in [1.807, 2.05) is 6.92 Å². The van der Waals surface area contributed by atoms with Gasteiger partial charge in [-0.25, -0.2) is 0 Å². The van der Waals surface area contributed by atoms with Crippen molar-refractivity contribution in [2.24, 2.45) is 5.41 Å². The molecule has 0 bridgehead atoms. The molecule has 0 aromatic heterocycles. The lowest BCUT2D eigenvalue weighted by molar-refractivity contribution is -0.145. The normalized spacial score (nSPS) is 36.7. The van der Waals surface area contributed by atoms with E-state index in [1.54, 1.807) is 7.11 Å². The van der Waals surface area contributed by atoms with Crippen LogP contribution in [0.15, 0.2) is 0 Å². The Kier molecular flexibility index (Phi) is 3.98. The van der Waals surface area contributed by atoms with Gasteiger partial charge in [0.25, 0.3) is 0 Å². The second-order valence-electron chi connectivity index (χ2n) is 4.23. The zero-order valence-corrected chi connectivity index (χ0v) is 9.93. The number of hydrogen-bond donors (Lipinski definition) is 1. The molecule has 0 unspecified atom stereocenters. The molecular weight excluding hydrogens is 218 g/mol. The molecule has 5 heteroatoms. The number of esters is 1. The Labute approximate surface area is 96.1 Å². The number of nitrogens with one attached hydrogen (secondary N) is 1. The fraction of sp³-hybridized carbons (Fsp3) is 0.900. The first-order chi connectivity index (χ1) is 6.72. The topological polar surface area (TPSA) is 47.6 Å². The molecule has 1 aliphatic carbocycles. The number of rotatable bonds is 4. The highest BCUT2D eigenvalue weighted by Gasteiger charge is 2.61. The molecule has 0 amide bonds. The van der Waals surface area contributed by atoms with E-state index in [1.165, 1.54) is 0 Å². The zero-order chi connectivity index (χ0) is 10.2. The lowest BCUT2D eigenvalue weighted by atomic mass is 10.0. The SMILES string of the molecule is CCOC(=O)[C@@H]1C[C@]2(COC)C[C@@H]2N1.Cl. The van der Waals surface area contributed by atoms with Gasteiger partial charge in [0.05, 0.1) is 13.2 Å². The molecule has 15 heavy (non-hydrogen) atoms. The van der Waals surface area contributed by atoms with Gasteiger partial charge in [0.2, 0.25) is 0 Å². The van der Waals surface area contributed by atoms with Crippen LogP contribution < -0.4 is 5.32 Å². The molecule has 88 valence electrons. The van der Waals surface area contributed by atoms with Crippen LogP contribution >= 0.6 is 12.4 Å². The summed E-state index contributed by atoms with van der Waals surface area (Å²) in [5, 5.41) is 3.28. The maximum atomic E-state index is 11.4. The van der Waals surface area contributed by atoms with Crippen LogP contribution in [0.3, 0.4) is 0 Å². The maximum Gasteiger partial charge on any atom is 0.323 e. The third-order valence-corrected chi connectivity index (χ3v) is 3.21. The van der Waals surface area contributed by atoms with Gasteiger partial charge in [-0.15, -0.1) is 12.4 Å². The summed E-state index contributed by atoms with van der Waals surface area (Å²) in [6.07, 6.45) is 2.00. The minimum atomic E-state index is -0.116. The number of hydrogen-bond acceptors (Lipinski definition) is 4. The molecule has 1 N–H and O–H groups in total. The predicted octanol–water partition coefficient (Wildman–Crippen LogP) is 0.738. The summed E-state index contributed by atoms with van der Waals surface area (Å²) in [6, 6.07) is 0.362. The molecule has 0 spiro atoms. The van der Waals surface area contributed by atoms with Crippen molar-refractivity contribution < 1.29 is 14.3 Å². The fourth-order valence-electron chi connectivity index (χ4n) is 2.42. The first-order valence-corrected chi connectivity index (χ1v) is 5.13. The Bertz CT molecular complexity index is 249. The predicted molar refractivity (Wildman–Crippen MR) is 58.1 cm³/mol. The van der Waals surface area contributed by atoms with E-state index in [0.29, 0.717) is 12.6 Å². The van der Waals surface area contributed by atoms with Crippen molar-refractivity contribution in [3.8, 4) is 0 Å². The Morgan fingerprint density at radius 2 is 2.27 bits per heavy atom. The molecule has 3 atom stereocenters. The van der Waals surface area contributed by atoms with Gasteiger partial charge in [0.1, 0.15) is 6.04 Å². The Balaban J connectivity index is 0.00000112. The van der Waals surface area contributed by atoms with Crippen LogP contribution in [0.1, 0.15) is 19.8 Å². The monoisotopic (exact) mass is 235 g/mol. The molecule has 1 saturated heterocycles. The molecule has 0 radical (unpaired) electrons. The van der Waals surface area contributed by atoms with Gasteiger partial charge in [-0.05, 0) is 19.8 Å². The standard InChI is InChI=1S/C10H17NO3.ClH/c1-3-14-9(12)7-4-10(6-13-2)5-8(10)11-7;/h7-8,11H,3-6H2,1-2H3;1H/t7-,8-,10+;/m0./s1. The molecule has 4 nitrogen and oxygen atoms in total. The van der Waals surface area contributed by atoms with Gasteiger partial charge in [-0.2, -0.15) is 0 Å². The summed E-state index contributed by atoms with van der Waals surface area (Å²) in [6.45, 7) is 3.04. The smallest absolute Gasteiger partial charge is 0.323 e. The van der Waals surface area contributed by atoms with Crippen molar-refractivity contribution in [2.45, 2.75) is 31.8 Å². The van der Waals surface area contributed by atoms with Crippen molar-refractivity contribution >= 4 is 18.4 Å². The van der Waals surface area contributed by atoms with Crippen LogP contribution in [0.25, 0.3) is 0 Å². The zero-order valence-electron chi connectivity index (χ0n) is 9.12. The van der Waals surface area contributed by atoms with Crippen molar-refractivity contribution in [1.82, 2.24) is 5.32 Å². The van der Waals surface area contributed by atoms with E-state index >= 15 is 0 Å². The molecule has 2 aliphatic rings. The molecular formula is C10H18ClNO3. The van der Waals surface area contributed by atoms with E-state index in [2.05, 4.69) is 5.32 Å². The van der Waals surface area contributed by atoms with E-state index in [4.69, 9.17) is 9.47 Å². The Morgan fingerprint density at radius 1 is 1.53 bits per heavy atom. The third-order valence-electron chi connectivity index (χ3n) is 3.21. The minimum absolute atomic E-state index is 0. The first kappa shape index (κ1) is 12.7. The van der Waals surface area contributed by atoms with E-state index < -0.39 is 0 Å². The largest absolute Gasteiger partial charge is 0.465 e. The fourth-order valence-corrected chi connectivity index (χ4v) is 2.42. The second-order valence-corrected chi connectivity index (χ2v) is 4.23. The summed E-state index contributed by atoms with van der Waals surface area (Å²) in [4.78, 5) is 11.4. The van der Waals surface area contributed by atoms with Crippen LogP contribution in [0, 0.1) is 5.41 Å². The average Bonchev–Trinajstić information content (AvgIpc) is 2.69. The van der Waals surface area contributed by atoms with Crippen molar-refractivity contribution in [3.63, 3.8) is 0 Å². The third kappa shape index (κ3) is 2.27. The molecule has 1 aliphatic heterocycles. The molecule has 0 aromatic rings. The average molecular weight is 236 g/mol. The number of carbonyl (C=O) groups excluding carboxylic acids is 1. The quantitative estimate of drug-likeness (QED) is 0.731. The van der Waals surface area contributed by atoms with E-state index in [9.17, 15) is 4.79 Å². The number of ether oxygens (including phenoxy) is 2. The van der Waals surface area contributed by atoms with Gasteiger partial charge in [-0.3, -0.25) is 4.79 Å². The Hall–Kier alpha value is -0.320. The highest BCUT2D eigenvalue weighted by Crippen LogP contribution is 2.54. The summed E-state index contributed by atoms with van der Waals surface area (Å²) >= 11 is 0. The number of piperidine rings is 1. The molecule has 1 saturated carbocycles. The minimum Gasteiger partial charge on any atom is -0.465 e. The molecule has 0 aromatic carbocycles. The molecule has 2 fully saturated rings. The van der Waals surface area contributed by atoms with Gasteiger partial charge in [0, 0.05) is 18.6 Å². The molecule has 1 heterocycles. The summed E-state index contributed by atoms with van der Waals surface area (Å²) in [5.74, 6) is -0.116. The highest BCUT2D eigenvalue weighted by atomic mass is 35.5. The summed E-state index contributed by atoms with van der Waals surface area (Å²) in [7, 11) is 1.71. The Morgan fingerprint density at radius 3 is 2.87 bits per heavy atom. The number of carbonyl (C=O) groups is 1. The van der Waals surface area contributed by atoms with Crippen molar-refractivity contribution in [1.29, 1.82) is 0 Å². The molecule has 2 rings (SSSR count). The van der Waals surface area contributed by atoms with E-state index in [0.717, 1.165) is 19.4 Å². The van der Waals surface area contributed by atoms with Gasteiger partial charge in [-0.1, -0.05) is 0 Å². The van der Waals surface area contributed by atoms with Crippen LogP contribution in [0.4, 0.5) is 0 Å². The first-order valence-electron chi connectivity index (χ1n) is 5.13. The number of halogens is 1. The van der Waals surface area contributed by atoms with Crippen molar-refractivity contribution in [3.05, 3.63) is 0 Å². The number of fused-ring (bicyclic) bond motifs is 1. The highest BCUT2D eigenvalue weighted by molar-refractivity contribution is 5.85. The maximum absolute atomic E-state index is 11.4. The number of methoxy groups -OCH3 is 1. The van der Waals surface area contributed by atoms with Crippen LogP contribution in [-0.4, -0.2) is 38.4 Å². The van der Waals surface area contributed by atoms with Crippen molar-refractivity contribution in [2.75, 3.05) is 20.3 Å². The van der Waals surface area contributed by atoms with Gasteiger partial charge in [0.15, 0.2) is 0 Å². The summed E-state index contributed by atoms with van der Waals surface area (Å²) in [5.41, 5.74) is 0.228. The van der Waals surface area contributed by atoms with Crippen LogP contribution in [-0.2, 0) is 14.3 Å².